The van der Waals surface area contributed by atoms with E-state index in [0.29, 0.717) is 22.0 Å². The molecule has 1 aromatic heterocycles. The van der Waals surface area contributed by atoms with Crippen LogP contribution < -0.4 is 0 Å². The number of nitrogens with zero attached hydrogens (tertiary/aromatic N) is 3. The number of hydrogen-bond acceptors (Lipinski definition) is 3. The molecule has 1 saturated heterocycles. The molecule has 3 heterocycles. The van der Waals surface area contributed by atoms with Crippen molar-refractivity contribution in [3.63, 3.8) is 0 Å². The molecule has 0 bridgehead atoms. The number of para-hydroxylation sites is 1. The standard InChI is InChI=1S/C22H18Cl2N4O2/c1-12-21-16(15-4-2-3-5-18(15)26-21)9-19-22(30)27(11-20(29)28(12)19)25-10-13-6-7-14(23)8-17(13)24/h2-8,10,12,19,26H,9,11H2,1H3/b25-10+/t12-,19-/m0/s1. The highest BCUT2D eigenvalue weighted by Crippen LogP contribution is 2.38. The summed E-state index contributed by atoms with van der Waals surface area (Å²) < 4.78 is 0. The van der Waals surface area contributed by atoms with Crippen molar-refractivity contribution in [3.05, 3.63) is 69.3 Å². The van der Waals surface area contributed by atoms with E-state index < -0.39 is 6.04 Å². The average Bonchev–Trinajstić information content (AvgIpc) is 3.10. The molecule has 8 heteroatoms. The van der Waals surface area contributed by atoms with Crippen LogP contribution in [0.5, 0.6) is 0 Å². The van der Waals surface area contributed by atoms with E-state index in [1.54, 1.807) is 23.1 Å². The van der Waals surface area contributed by atoms with Gasteiger partial charge >= 0.3 is 0 Å². The van der Waals surface area contributed by atoms with Crippen LogP contribution in [0.3, 0.4) is 0 Å². The lowest BCUT2D eigenvalue weighted by molar-refractivity contribution is -0.159. The van der Waals surface area contributed by atoms with Crippen LogP contribution in [0.4, 0.5) is 0 Å². The lowest BCUT2D eigenvalue weighted by Crippen LogP contribution is -2.61. The van der Waals surface area contributed by atoms with Crippen LogP contribution in [0.2, 0.25) is 10.0 Å². The van der Waals surface area contributed by atoms with Crippen LogP contribution in [0.25, 0.3) is 10.9 Å². The van der Waals surface area contributed by atoms with Crippen LogP contribution in [0.1, 0.15) is 29.8 Å². The summed E-state index contributed by atoms with van der Waals surface area (Å²) in [6.07, 6.45) is 1.95. The van der Waals surface area contributed by atoms with E-state index in [0.717, 1.165) is 22.2 Å². The Bertz CT molecular complexity index is 1220. The maximum atomic E-state index is 13.2. The van der Waals surface area contributed by atoms with Crippen LogP contribution in [0, 0.1) is 0 Å². The number of rotatable bonds is 2. The van der Waals surface area contributed by atoms with Crippen molar-refractivity contribution in [2.75, 3.05) is 6.54 Å². The Kier molecular flexibility index (Phi) is 4.56. The molecule has 2 aliphatic heterocycles. The highest BCUT2D eigenvalue weighted by molar-refractivity contribution is 6.36. The molecular formula is C22H18Cl2N4O2. The van der Waals surface area contributed by atoms with Gasteiger partial charge in [-0.05, 0) is 30.7 Å². The first-order valence-electron chi connectivity index (χ1n) is 9.65. The number of H-pyrrole nitrogens is 1. The zero-order valence-corrected chi connectivity index (χ0v) is 17.6. The number of hydrogen-bond donors (Lipinski definition) is 1. The number of halogens is 2. The molecule has 1 N–H and O–H groups in total. The summed E-state index contributed by atoms with van der Waals surface area (Å²) in [6.45, 7) is 1.86. The number of carbonyl (C=O) groups is 2. The molecule has 2 aliphatic rings. The summed E-state index contributed by atoms with van der Waals surface area (Å²) in [5.74, 6) is -0.325. The van der Waals surface area contributed by atoms with Crippen molar-refractivity contribution in [1.82, 2.24) is 14.9 Å². The van der Waals surface area contributed by atoms with Crippen molar-refractivity contribution in [1.29, 1.82) is 0 Å². The Morgan fingerprint density at radius 1 is 1.17 bits per heavy atom. The van der Waals surface area contributed by atoms with Crippen molar-refractivity contribution < 1.29 is 9.59 Å². The number of piperazine rings is 1. The second kappa shape index (κ2) is 7.15. The molecule has 2 amide bonds. The van der Waals surface area contributed by atoms with Crippen molar-refractivity contribution >= 4 is 52.1 Å². The number of carbonyl (C=O) groups excluding carboxylic acids is 2. The van der Waals surface area contributed by atoms with E-state index in [2.05, 4.69) is 10.1 Å². The first-order valence-corrected chi connectivity index (χ1v) is 10.4. The van der Waals surface area contributed by atoms with E-state index in [1.807, 2.05) is 31.2 Å². The molecule has 5 rings (SSSR count). The van der Waals surface area contributed by atoms with Crippen molar-refractivity contribution in [3.8, 4) is 0 Å². The Labute approximate surface area is 183 Å². The predicted octanol–water partition coefficient (Wildman–Crippen LogP) is 4.17. The molecule has 0 aliphatic carbocycles. The summed E-state index contributed by atoms with van der Waals surface area (Å²) in [5, 5.41) is 7.55. The molecule has 6 nitrogen and oxygen atoms in total. The fourth-order valence-electron chi connectivity index (χ4n) is 4.39. The number of nitrogens with one attached hydrogen (secondary N) is 1. The van der Waals surface area contributed by atoms with E-state index in [9.17, 15) is 9.59 Å². The molecule has 0 radical (unpaired) electrons. The van der Waals surface area contributed by atoms with Gasteiger partial charge in [0.25, 0.3) is 5.91 Å². The van der Waals surface area contributed by atoms with Crippen molar-refractivity contribution in [2.24, 2.45) is 5.10 Å². The van der Waals surface area contributed by atoms with Gasteiger partial charge in [-0.15, -0.1) is 0 Å². The second-order valence-electron chi connectivity index (χ2n) is 7.57. The Morgan fingerprint density at radius 2 is 1.97 bits per heavy atom. The van der Waals surface area contributed by atoms with E-state index in [-0.39, 0.29) is 24.4 Å². The van der Waals surface area contributed by atoms with Gasteiger partial charge in [0.05, 0.1) is 17.3 Å². The second-order valence-corrected chi connectivity index (χ2v) is 8.41. The molecule has 3 aromatic rings. The number of amides is 2. The number of aromatic amines is 1. The largest absolute Gasteiger partial charge is 0.356 e. The first-order chi connectivity index (χ1) is 14.4. The fourth-order valence-corrected chi connectivity index (χ4v) is 4.85. The lowest BCUT2D eigenvalue weighted by atomic mass is 9.90. The van der Waals surface area contributed by atoms with Gasteiger partial charge in [0.15, 0.2) is 0 Å². The average molecular weight is 441 g/mol. The molecule has 0 saturated carbocycles. The van der Waals surface area contributed by atoms with Crippen LogP contribution in [-0.2, 0) is 16.0 Å². The van der Waals surface area contributed by atoms with Gasteiger partial charge in [-0.1, -0.05) is 47.5 Å². The summed E-state index contributed by atoms with van der Waals surface area (Å²) in [4.78, 5) is 31.3. The summed E-state index contributed by atoms with van der Waals surface area (Å²) in [6, 6.07) is 12.2. The third-order valence-corrected chi connectivity index (χ3v) is 6.39. The highest BCUT2D eigenvalue weighted by Gasteiger charge is 2.46. The SMILES string of the molecule is C[C@H]1c2[nH]c3ccccc3c2C[C@H]2C(=O)N(/N=C/c3ccc(Cl)cc3Cl)CC(=O)N21. The van der Waals surface area contributed by atoms with Crippen LogP contribution in [0.15, 0.2) is 47.6 Å². The molecule has 0 spiro atoms. The van der Waals surface area contributed by atoms with Gasteiger partial charge in [0.2, 0.25) is 5.91 Å². The normalized spacial score (nSPS) is 21.4. The minimum absolute atomic E-state index is 0.100. The summed E-state index contributed by atoms with van der Waals surface area (Å²) in [7, 11) is 0. The molecule has 2 aromatic carbocycles. The predicted molar refractivity (Wildman–Crippen MR) is 117 cm³/mol. The highest BCUT2D eigenvalue weighted by atomic mass is 35.5. The molecular weight excluding hydrogens is 423 g/mol. The smallest absolute Gasteiger partial charge is 0.266 e. The maximum absolute atomic E-state index is 13.2. The van der Waals surface area contributed by atoms with E-state index in [4.69, 9.17) is 23.2 Å². The Balaban J connectivity index is 1.48. The van der Waals surface area contributed by atoms with Gasteiger partial charge in [0, 0.05) is 33.6 Å². The number of hydrazone groups is 1. The van der Waals surface area contributed by atoms with Crippen LogP contribution in [-0.4, -0.2) is 45.5 Å². The first kappa shape index (κ1) is 19.2. The molecule has 0 unspecified atom stereocenters. The summed E-state index contributed by atoms with van der Waals surface area (Å²) in [5.41, 5.74) is 3.73. The number of aromatic nitrogens is 1. The monoisotopic (exact) mass is 440 g/mol. The zero-order valence-electron chi connectivity index (χ0n) is 16.1. The van der Waals surface area contributed by atoms with E-state index >= 15 is 0 Å². The Hall–Kier alpha value is -2.83. The molecule has 30 heavy (non-hydrogen) atoms. The van der Waals surface area contributed by atoms with Gasteiger partial charge in [-0.25, -0.2) is 5.01 Å². The molecule has 152 valence electrons. The van der Waals surface area contributed by atoms with Crippen LogP contribution >= 0.6 is 23.2 Å². The van der Waals surface area contributed by atoms with E-state index in [1.165, 1.54) is 11.2 Å². The van der Waals surface area contributed by atoms with Gasteiger partial charge in [-0.3, -0.25) is 9.59 Å². The maximum Gasteiger partial charge on any atom is 0.266 e. The van der Waals surface area contributed by atoms with Gasteiger partial charge < -0.3 is 9.88 Å². The molecule has 1 fully saturated rings. The minimum Gasteiger partial charge on any atom is -0.356 e. The molecule has 2 atom stereocenters. The number of benzene rings is 2. The zero-order chi connectivity index (χ0) is 21.0. The van der Waals surface area contributed by atoms with Crippen molar-refractivity contribution in [2.45, 2.75) is 25.4 Å². The quantitative estimate of drug-likeness (QED) is 0.607. The lowest BCUT2D eigenvalue weighted by Gasteiger charge is -2.44. The topological polar surface area (TPSA) is 68.8 Å². The fraction of sp³-hybridized carbons (Fsp3) is 0.227. The third-order valence-electron chi connectivity index (χ3n) is 5.83. The Morgan fingerprint density at radius 3 is 2.77 bits per heavy atom. The summed E-state index contributed by atoms with van der Waals surface area (Å²) >= 11 is 12.1. The van der Waals surface area contributed by atoms with Gasteiger partial charge in [0.1, 0.15) is 12.6 Å². The van der Waals surface area contributed by atoms with Gasteiger partial charge in [-0.2, -0.15) is 5.10 Å². The minimum atomic E-state index is -0.578. The number of fused-ring (bicyclic) bond motifs is 4. The third kappa shape index (κ3) is 2.99.